The van der Waals surface area contributed by atoms with E-state index < -0.39 is 23.7 Å². The number of hydrogen-bond acceptors (Lipinski definition) is 7. The summed E-state index contributed by atoms with van der Waals surface area (Å²) in [6, 6.07) is 25.0. The van der Waals surface area contributed by atoms with Gasteiger partial charge in [-0.1, -0.05) is 78.9 Å². The molecule has 262 valence electrons. The molecular weight excluding hydrogens is 632 g/mol. The number of esters is 1. The van der Waals surface area contributed by atoms with Crippen LogP contribution in [0, 0.1) is 6.92 Å². The van der Waals surface area contributed by atoms with Gasteiger partial charge in [-0.2, -0.15) is 0 Å². The molecule has 0 saturated heterocycles. The summed E-state index contributed by atoms with van der Waals surface area (Å²) in [6.07, 6.45) is 1.89. The minimum atomic E-state index is -0.844. The fourth-order valence-electron chi connectivity index (χ4n) is 6.21. The number of unbranched alkanes of at least 4 members (excludes halogenated alkanes) is 1. The predicted molar refractivity (Wildman–Crippen MR) is 192 cm³/mol. The summed E-state index contributed by atoms with van der Waals surface area (Å²) in [6.45, 7) is 7.81. The number of nitrogens with one attached hydrogen (secondary N) is 3. The molecular formula is C40H46N4O6. The van der Waals surface area contributed by atoms with Crippen molar-refractivity contribution >= 4 is 18.0 Å². The Morgan fingerprint density at radius 1 is 0.880 bits per heavy atom. The molecule has 0 spiro atoms. The molecule has 1 aliphatic rings. The number of alkyl carbamates (subject to hydrolysis) is 1. The van der Waals surface area contributed by atoms with Crippen molar-refractivity contribution in [3.05, 3.63) is 123 Å². The van der Waals surface area contributed by atoms with Gasteiger partial charge in [0.2, 0.25) is 5.91 Å². The number of rotatable bonds is 14. The lowest BCUT2D eigenvalue weighted by molar-refractivity contribution is -0.158. The van der Waals surface area contributed by atoms with Crippen molar-refractivity contribution in [3.63, 3.8) is 0 Å². The summed E-state index contributed by atoms with van der Waals surface area (Å²) in [5.41, 5.74) is 6.20. The van der Waals surface area contributed by atoms with Gasteiger partial charge in [-0.15, -0.1) is 0 Å². The minimum absolute atomic E-state index is 0.000308. The molecule has 0 radical (unpaired) electrons. The third-order valence-corrected chi connectivity index (χ3v) is 8.63. The highest BCUT2D eigenvalue weighted by Gasteiger charge is 2.29. The molecule has 3 aromatic carbocycles. The number of aromatic nitrogens is 2. The van der Waals surface area contributed by atoms with E-state index in [2.05, 4.69) is 44.9 Å². The second-order valence-electron chi connectivity index (χ2n) is 13.6. The number of carbonyl (C=O) groups is 3. The summed E-state index contributed by atoms with van der Waals surface area (Å²) in [4.78, 5) is 58.5. The Kier molecular flexibility index (Phi) is 11.8. The second-order valence-corrected chi connectivity index (χ2v) is 13.6. The Hall–Kier alpha value is -5.25. The van der Waals surface area contributed by atoms with Crippen LogP contribution in [0.5, 0.6) is 0 Å². The number of fused-ring (bicyclic) bond motifs is 3. The third kappa shape index (κ3) is 9.68. The van der Waals surface area contributed by atoms with E-state index in [9.17, 15) is 19.2 Å². The molecule has 5 rings (SSSR count). The molecule has 3 N–H and O–H groups in total. The summed E-state index contributed by atoms with van der Waals surface area (Å²) in [7, 11) is 0. The number of carbonyl (C=O) groups excluding carboxylic acids is 3. The van der Waals surface area contributed by atoms with E-state index in [4.69, 9.17) is 9.47 Å². The van der Waals surface area contributed by atoms with Gasteiger partial charge in [0.25, 0.3) is 5.56 Å². The first-order valence-electron chi connectivity index (χ1n) is 17.2. The molecule has 1 heterocycles. The van der Waals surface area contributed by atoms with Gasteiger partial charge < -0.3 is 25.1 Å². The molecule has 4 aromatic rings. The van der Waals surface area contributed by atoms with Crippen LogP contribution in [0.1, 0.15) is 79.7 Å². The predicted octanol–water partition coefficient (Wildman–Crippen LogP) is 5.94. The van der Waals surface area contributed by atoms with Crippen LogP contribution in [0.25, 0.3) is 11.1 Å². The maximum atomic E-state index is 12.9. The molecule has 50 heavy (non-hydrogen) atoms. The van der Waals surface area contributed by atoms with Crippen molar-refractivity contribution in [1.82, 2.24) is 20.6 Å². The first-order chi connectivity index (χ1) is 24.0. The van der Waals surface area contributed by atoms with Crippen LogP contribution in [0.15, 0.2) is 83.7 Å². The SMILES string of the molecule is Cc1nc(CCCCNC(=O)OCC2c3ccccc3-c3ccccc32)c(=O)[nH]c1CCC(=O)NC(Cc1ccccc1)C(=O)OC(C)(C)C. The molecule has 0 bridgehead atoms. The number of amides is 2. The van der Waals surface area contributed by atoms with Crippen LogP contribution in [0.4, 0.5) is 4.79 Å². The van der Waals surface area contributed by atoms with Crippen molar-refractivity contribution in [2.45, 2.75) is 83.8 Å². The Bertz CT molecular complexity index is 1820. The number of ether oxygens (including phenoxy) is 2. The lowest BCUT2D eigenvalue weighted by Gasteiger charge is -2.24. The van der Waals surface area contributed by atoms with Gasteiger partial charge in [-0.05, 0) is 81.2 Å². The lowest BCUT2D eigenvalue weighted by Crippen LogP contribution is -2.45. The summed E-state index contributed by atoms with van der Waals surface area (Å²) in [5, 5.41) is 5.63. The first kappa shape index (κ1) is 36.0. The molecule has 0 fully saturated rings. The van der Waals surface area contributed by atoms with E-state index in [0.717, 1.165) is 16.7 Å². The smallest absolute Gasteiger partial charge is 0.407 e. The number of aromatic amines is 1. The van der Waals surface area contributed by atoms with Gasteiger partial charge in [-0.3, -0.25) is 14.6 Å². The monoisotopic (exact) mass is 678 g/mol. The van der Waals surface area contributed by atoms with Crippen LogP contribution < -0.4 is 16.2 Å². The molecule has 10 nitrogen and oxygen atoms in total. The first-order valence-corrected chi connectivity index (χ1v) is 17.2. The van der Waals surface area contributed by atoms with Crippen molar-refractivity contribution in [2.75, 3.05) is 13.2 Å². The average Bonchev–Trinajstić information content (AvgIpc) is 3.40. The molecule has 2 amide bonds. The molecule has 1 aliphatic carbocycles. The second kappa shape index (κ2) is 16.4. The largest absolute Gasteiger partial charge is 0.458 e. The summed E-state index contributed by atoms with van der Waals surface area (Å²) < 4.78 is 11.2. The Labute approximate surface area is 293 Å². The van der Waals surface area contributed by atoms with Crippen molar-refractivity contribution < 1.29 is 23.9 Å². The maximum Gasteiger partial charge on any atom is 0.407 e. The van der Waals surface area contributed by atoms with Crippen molar-refractivity contribution in [1.29, 1.82) is 0 Å². The van der Waals surface area contributed by atoms with Crippen LogP contribution in [-0.2, 0) is 38.3 Å². The van der Waals surface area contributed by atoms with Crippen LogP contribution in [0.2, 0.25) is 0 Å². The van der Waals surface area contributed by atoms with Crippen molar-refractivity contribution in [3.8, 4) is 11.1 Å². The van der Waals surface area contributed by atoms with Gasteiger partial charge in [0.1, 0.15) is 23.9 Å². The van der Waals surface area contributed by atoms with E-state index in [1.54, 1.807) is 27.7 Å². The maximum absolute atomic E-state index is 12.9. The lowest BCUT2D eigenvalue weighted by atomic mass is 9.98. The van der Waals surface area contributed by atoms with Crippen LogP contribution >= 0.6 is 0 Å². The van der Waals surface area contributed by atoms with Crippen molar-refractivity contribution in [2.24, 2.45) is 0 Å². The quantitative estimate of drug-likeness (QED) is 0.111. The highest BCUT2D eigenvalue weighted by Crippen LogP contribution is 2.44. The molecule has 1 atom stereocenters. The molecule has 1 aromatic heterocycles. The zero-order valence-electron chi connectivity index (χ0n) is 29.2. The van der Waals surface area contributed by atoms with E-state index in [0.29, 0.717) is 49.3 Å². The highest BCUT2D eigenvalue weighted by molar-refractivity contribution is 5.85. The number of H-pyrrole nitrogens is 1. The average molecular weight is 679 g/mol. The Balaban J connectivity index is 1.05. The number of benzene rings is 3. The Morgan fingerprint density at radius 2 is 1.52 bits per heavy atom. The topological polar surface area (TPSA) is 139 Å². The normalized spacial score (nSPS) is 12.8. The Morgan fingerprint density at radius 3 is 2.18 bits per heavy atom. The van der Waals surface area contributed by atoms with Gasteiger partial charge >= 0.3 is 12.1 Å². The van der Waals surface area contributed by atoms with Crippen LogP contribution in [0.3, 0.4) is 0 Å². The molecule has 0 saturated carbocycles. The molecule has 10 heteroatoms. The standard InChI is InChI=1S/C40H46N4O6/c1-26-33(21-22-36(45)43-35(38(47)50-40(2,3)4)24-27-14-6-5-7-15-27)44-37(46)34(42-26)20-12-13-23-41-39(48)49-25-32-30-18-10-8-16-28(30)29-17-9-11-19-31(29)32/h5-11,14-19,32,35H,12-13,20-25H2,1-4H3,(H,41,48)(H,43,45)(H,44,46). The van der Waals surface area contributed by atoms with Gasteiger partial charge in [0, 0.05) is 31.0 Å². The van der Waals surface area contributed by atoms with Gasteiger partial charge in [-0.25, -0.2) is 9.59 Å². The van der Waals surface area contributed by atoms with E-state index in [1.165, 1.54) is 11.1 Å². The van der Waals surface area contributed by atoms with Gasteiger partial charge in [0.05, 0.1) is 5.69 Å². The number of nitrogens with zero attached hydrogens (tertiary/aromatic N) is 1. The summed E-state index contributed by atoms with van der Waals surface area (Å²) in [5.74, 6) is -0.829. The number of hydrogen-bond donors (Lipinski definition) is 3. The highest BCUT2D eigenvalue weighted by atomic mass is 16.6. The van der Waals surface area contributed by atoms with E-state index in [1.807, 2.05) is 54.6 Å². The molecule has 1 unspecified atom stereocenters. The summed E-state index contributed by atoms with van der Waals surface area (Å²) >= 11 is 0. The zero-order valence-corrected chi connectivity index (χ0v) is 29.2. The van der Waals surface area contributed by atoms with Crippen LogP contribution in [-0.4, -0.2) is 52.7 Å². The van der Waals surface area contributed by atoms with E-state index in [-0.39, 0.29) is 36.8 Å². The fraction of sp³-hybridized carbons (Fsp3) is 0.375. The molecule has 0 aliphatic heterocycles. The zero-order chi connectivity index (χ0) is 35.7. The number of aryl methyl sites for hydroxylation is 3. The minimum Gasteiger partial charge on any atom is -0.458 e. The fourth-order valence-corrected chi connectivity index (χ4v) is 6.21. The van der Waals surface area contributed by atoms with E-state index >= 15 is 0 Å². The van der Waals surface area contributed by atoms with Gasteiger partial charge in [0.15, 0.2) is 0 Å². The third-order valence-electron chi connectivity index (χ3n) is 8.63.